The first kappa shape index (κ1) is 16.1. The maximum absolute atomic E-state index is 12.5. The number of aliphatic carboxylic acids is 1. The van der Waals surface area contributed by atoms with Gasteiger partial charge in [0.05, 0.1) is 0 Å². The van der Waals surface area contributed by atoms with Crippen LogP contribution in [0.25, 0.3) is 0 Å². The van der Waals surface area contributed by atoms with Crippen molar-refractivity contribution in [3.05, 3.63) is 0 Å². The molecule has 0 aromatic carbocycles. The summed E-state index contributed by atoms with van der Waals surface area (Å²) in [7, 11) is 0. The van der Waals surface area contributed by atoms with E-state index in [1.54, 1.807) is 0 Å². The van der Waals surface area contributed by atoms with Crippen LogP contribution in [0.5, 0.6) is 0 Å². The maximum Gasteiger partial charge on any atom is 0.422 e. The van der Waals surface area contributed by atoms with Gasteiger partial charge in [0.2, 0.25) is 5.54 Å². The summed E-state index contributed by atoms with van der Waals surface area (Å²) in [6.07, 6.45) is -0.0511. The normalized spacial score (nSPS) is 16.0. The van der Waals surface area contributed by atoms with Crippen LogP contribution in [0, 0.1) is 12.3 Å². The first-order valence-corrected chi connectivity index (χ1v) is 4.87. The van der Waals surface area contributed by atoms with Crippen LogP contribution in [0.15, 0.2) is 0 Å². The fraction of sp³-hybridized carbons (Fsp3) is 0.600. The van der Waals surface area contributed by atoms with Crippen LogP contribution in [-0.2, 0) is 4.79 Å². The van der Waals surface area contributed by atoms with E-state index in [0.717, 1.165) is 0 Å². The van der Waals surface area contributed by atoms with Crippen molar-refractivity contribution in [2.24, 2.45) is 0 Å². The third-order valence-corrected chi connectivity index (χ3v) is 2.16. The van der Waals surface area contributed by atoms with Gasteiger partial charge >= 0.3 is 18.2 Å². The predicted octanol–water partition coefficient (Wildman–Crippen LogP) is 1.10. The van der Waals surface area contributed by atoms with Crippen LogP contribution in [0.1, 0.15) is 20.3 Å². The topological polar surface area (TPSA) is 78.4 Å². The first-order valence-electron chi connectivity index (χ1n) is 4.87. The van der Waals surface area contributed by atoms with Crippen LogP contribution in [0.2, 0.25) is 0 Å². The van der Waals surface area contributed by atoms with Gasteiger partial charge in [0, 0.05) is 12.5 Å². The fourth-order valence-electron chi connectivity index (χ4n) is 0.960. The van der Waals surface area contributed by atoms with Crippen molar-refractivity contribution in [2.45, 2.75) is 38.0 Å². The molecular weight excluding hydrogens is 253 g/mol. The highest BCUT2D eigenvalue weighted by molar-refractivity contribution is 5.86. The quantitative estimate of drug-likeness (QED) is 0.667. The van der Waals surface area contributed by atoms with Gasteiger partial charge in [-0.2, -0.15) is 13.2 Å². The predicted molar refractivity (Wildman–Crippen MR) is 56.7 cm³/mol. The number of carboxylic acid groups (broad SMARTS) is 1. The number of amides is 2. The van der Waals surface area contributed by atoms with E-state index in [1.165, 1.54) is 12.2 Å². The molecule has 102 valence electrons. The molecule has 0 bridgehead atoms. The van der Waals surface area contributed by atoms with Crippen molar-refractivity contribution < 1.29 is 27.9 Å². The number of urea groups is 1. The van der Waals surface area contributed by atoms with Crippen LogP contribution in [0.4, 0.5) is 18.0 Å². The monoisotopic (exact) mass is 266 g/mol. The van der Waals surface area contributed by atoms with E-state index in [0.29, 0.717) is 6.92 Å². The van der Waals surface area contributed by atoms with Gasteiger partial charge in [0.15, 0.2) is 0 Å². The molecular formula is C10H13F3N2O3. The SMILES string of the molecule is C#CCC(C)NC(=O)NC(C)(C(=O)O)C(F)(F)F. The number of halogens is 3. The molecule has 0 spiro atoms. The third kappa shape index (κ3) is 3.84. The molecule has 18 heavy (non-hydrogen) atoms. The summed E-state index contributed by atoms with van der Waals surface area (Å²) in [6, 6.07) is -1.82. The van der Waals surface area contributed by atoms with Gasteiger partial charge in [-0.3, -0.25) is 0 Å². The van der Waals surface area contributed by atoms with E-state index in [1.807, 2.05) is 0 Å². The number of nitrogens with one attached hydrogen (secondary N) is 2. The number of terminal acetylenes is 1. The zero-order valence-corrected chi connectivity index (χ0v) is 9.76. The number of alkyl halides is 3. The highest BCUT2D eigenvalue weighted by atomic mass is 19.4. The first-order chi connectivity index (χ1) is 8.04. The number of carbonyl (C=O) groups excluding carboxylic acids is 1. The number of hydrogen-bond acceptors (Lipinski definition) is 2. The number of carboxylic acids is 1. The summed E-state index contributed by atoms with van der Waals surface area (Å²) in [5, 5.41) is 12.0. The van der Waals surface area contributed by atoms with Gasteiger partial charge < -0.3 is 15.7 Å². The molecule has 0 saturated carbocycles. The summed E-state index contributed by atoms with van der Waals surface area (Å²) >= 11 is 0. The van der Waals surface area contributed by atoms with Gasteiger partial charge in [-0.1, -0.05) is 0 Å². The Hall–Kier alpha value is -1.91. The van der Waals surface area contributed by atoms with Crippen LogP contribution in [0.3, 0.4) is 0 Å². The van der Waals surface area contributed by atoms with E-state index >= 15 is 0 Å². The Kier molecular flexibility index (Phi) is 5.02. The van der Waals surface area contributed by atoms with Gasteiger partial charge in [0.25, 0.3) is 0 Å². The molecule has 2 unspecified atom stereocenters. The molecule has 0 saturated heterocycles. The molecule has 0 radical (unpaired) electrons. The summed E-state index contributed by atoms with van der Waals surface area (Å²) in [5.74, 6) is 0.00832. The minimum absolute atomic E-state index is 0.114. The molecule has 2 atom stereocenters. The second-order valence-corrected chi connectivity index (χ2v) is 3.84. The standard InChI is InChI=1S/C10H13F3N2O3/c1-4-5-6(2)14-8(18)15-9(3,7(16)17)10(11,12)13/h1,6H,5H2,2-3H3,(H,16,17)(H2,14,15,18). The van der Waals surface area contributed by atoms with Gasteiger partial charge in [0.1, 0.15) is 0 Å². The minimum Gasteiger partial charge on any atom is -0.479 e. The Morgan fingerprint density at radius 3 is 2.28 bits per heavy atom. The van der Waals surface area contributed by atoms with E-state index in [4.69, 9.17) is 11.5 Å². The van der Waals surface area contributed by atoms with Crippen LogP contribution in [-0.4, -0.2) is 34.9 Å². The minimum atomic E-state index is -5.12. The molecule has 5 nitrogen and oxygen atoms in total. The van der Waals surface area contributed by atoms with Crippen LogP contribution >= 0.6 is 0 Å². The molecule has 0 aliphatic rings. The van der Waals surface area contributed by atoms with E-state index in [-0.39, 0.29) is 6.42 Å². The highest BCUT2D eigenvalue weighted by Gasteiger charge is 2.58. The second kappa shape index (κ2) is 5.62. The highest BCUT2D eigenvalue weighted by Crippen LogP contribution is 2.30. The fourth-order valence-corrected chi connectivity index (χ4v) is 0.960. The lowest BCUT2D eigenvalue weighted by atomic mass is 10.0. The van der Waals surface area contributed by atoms with Crippen molar-refractivity contribution in [1.29, 1.82) is 0 Å². The van der Waals surface area contributed by atoms with Crippen molar-refractivity contribution in [3.8, 4) is 12.3 Å². The van der Waals surface area contributed by atoms with Gasteiger partial charge in [-0.25, -0.2) is 9.59 Å². The lowest BCUT2D eigenvalue weighted by molar-refractivity contribution is -0.203. The Morgan fingerprint density at radius 2 is 1.94 bits per heavy atom. The molecule has 3 N–H and O–H groups in total. The molecule has 0 aliphatic carbocycles. The summed E-state index contributed by atoms with van der Waals surface area (Å²) in [5.41, 5.74) is -3.35. The Bertz CT molecular complexity index is 376. The third-order valence-electron chi connectivity index (χ3n) is 2.16. The molecule has 0 rings (SSSR count). The molecule has 0 fully saturated rings. The summed E-state index contributed by atoms with van der Waals surface area (Å²) in [6.45, 7) is 1.84. The molecule has 8 heteroatoms. The maximum atomic E-state index is 12.5. The largest absolute Gasteiger partial charge is 0.479 e. The zero-order valence-electron chi connectivity index (χ0n) is 9.76. The average molecular weight is 266 g/mol. The molecule has 0 aromatic rings. The van der Waals surface area contributed by atoms with Crippen molar-refractivity contribution in [3.63, 3.8) is 0 Å². The van der Waals surface area contributed by atoms with Crippen molar-refractivity contribution in [1.82, 2.24) is 10.6 Å². The molecule has 2 amide bonds. The Morgan fingerprint density at radius 1 is 1.44 bits per heavy atom. The average Bonchev–Trinajstić information content (AvgIpc) is 2.14. The number of rotatable bonds is 4. The summed E-state index contributed by atoms with van der Waals surface area (Å²) in [4.78, 5) is 21.9. The van der Waals surface area contributed by atoms with Gasteiger partial charge in [-0.15, -0.1) is 12.3 Å². The number of carbonyl (C=O) groups is 2. The second-order valence-electron chi connectivity index (χ2n) is 3.84. The Balaban J connectivity index is 4.79. The van der Waals surface area contributed by atoms with E-state index in [2.05, 4.69) is 11.2 Å². The van der Waals surface area contributed by atoms with E-state index < -0.39 is 29.8 Å². The van der Waals surface area contributed by atoms with Crippen molar-refractivity contribution >= 4 is 12.0 Å². The molecule has 0 heterocycles. The Labute approximate surface area is 102 Å². The van der Waals surface area contributed by atoms with E-state index in [9.17, 15) is 22.8 Å². The zero-order chi connectivity index (χ0) is 14.6. The molecule has 0 aromatic heterocycles. The van der Waals surface area contributed by atoms with Crippen LogP contribution < -0.4 is 10.6 Å². The summed E-state index contributed by atoms with van der Waals surface area (Å²) < 4.78 is 37.6. The van der Waals surface area contributed by atoms with Gasteiger partial charge in [-0.05, 0) is 13.8 Å². The lowest BCUT2D eigenvalue weighted by Gasteiger charge is -2.29. The molecule has 0 aliphatic heterocycles. The lowest BCUT2D eigenvalue weighted by Crippen LogP contribution is -2.64. The van der Waals surface area contributed by atoms with Crippen molar-refractivity contribution in [2.75, 3.05) is 0 Å². The number of hydrogen-bond donors (Lipinski definition) is 3. The smallest absolute Gasteiger partial charge is 0.422 e.